The van der Waals surface area contributed by atoms with Crippen LogP contribution in [0.4, 0.5) is 0 Å². The van der Waals surface area contributed by atoms with Crippen LogP contribution in [0.1, 0.15) is 19.2 Å². The van der Waals surface area contributed by atoms with Gasteiger partial charge in [-0.1, -0.05) is 6.92 Å². The molecule has 3 heteroatoms. The molecule has 1 N–H and O–H groups in total. The van der Waals surface area contributed by atoms with Crippen LogP contribution in [-0.2, 0) is 13.1 Å². The summed E-state index contributed by atoms with van der Waals surface area (Å²) in [6, 6.07) is 0. The van der Waals surface area contributed by atoms with E-state index < -0.39 is 0 Å². The van der Waals surface area contributed by atoms with Crippen molar-refractivity contribution in [2.24, 2.45) is 0 Å². The number of aryl methyl sites for hydroxylation is 1. The number of nitrogens with zero attached hydrogens (tertiary/aromatic N) is 2. The number of aromatic nitrogens is 2. The normalized spacial score (nSPS) is 10.4. The molecule has 0 aliphatic rings. The van der Waals surface area contributed by atoms with Gasteiger partial charge in [-0.05, 0) is 13.5 Å². The van der Waals surface area contributed by atoms with Crippen molar-refractivity contribution in [2.45, 2.75) is 26.4 Å². The molecule has 0 aliphatic carbocycles. The van der Waals surface area contributed by atoms with Crippen LogP contribution in [0.2, 0.25) is 0 Å². The van der Waals surface area contributed by atoms with Gasteiger partial charge < -0.3 is 9.88 Å². The van der Waals surface area contributed by atoms with Crippen molar-refractivity contribution >= 4 is 0 Å². The fraction of sp³-hybridized carbons (Fsp3) is 0.625. The fourth-order valence-electron chi connectivity index (χ4n) is 1.11. The molecule has 0 saturated carbocycles. The molecule has 62 valence electrons. The monoisotopic (exact) mass is 153 g/mol. The van der Waals surface area contributed by atoms with Gasteiger partial charge in [0.05, 0.1) is 6.54 Å². The molecule has 0 amide bonds. The van der Waals surface area contributed by atoms with E-state index in [2.05, 4.69) is 21.8 Å². The first-order valence-corrected chi connectivity index (χ1v) is 4.03. The maximum Gasteiger partial charge on any atom is 0.122 e. The highest BCUT2D eigenvalue weighted by molar-refractivity contribution is 4.91. The second-order valence-electron chi connectivity index (χ2n) is 2.57. The van der Waals surface area contributed by atoms with Crippen LogP contribution in [0, 0.1) is 0 Å². The van der Waals surface area contributed by atoms with E-state index in [-0.39, 0.29) is 0 Å². The van der Waals surface area contributed by atoms with E-state index in [1.807, 2.05) is 19.4 Å². The van der Waals surface area contributed by atoms with E-state index >= 15 is 0 Å². The Balaban J connectivity index is 2.62. The Hall–Kier alpha value is -0.830. The van der Waals surface area contributed by atoms with Gasteiger partial charge in [0.1, 0.15) is 5.82 Å². The van der Waals surface area contributed by atoms with Crippen LogP contribution in [0.25, 0.3) is 0 Å². The van der Waals surface area contributed by atoms with E-state index in [4.69, 9.17) is 0 Å². The highest BCUT2D eigenvalue weighted by Gasteiger charge is 1.98. The summed E-state index contributed by atoms with van der Waals surface area (Å²) in [6.07, 6.45) is 5.03. The summed E-state index contributed by atoms with van der Waals surface area (Å²) in [4.78, 5) is 4.22. The number of rotatable bonds is 4. The van der Waals surface area contributed by atoms with Gasteiger partial charge in [-0.25, -0.2) is 4.98 Å². The Kier molecular flexibility index (Phi) is 3.11. The smallest absolute Gasteiger partial charge is 0.122 e. The van der Waals surface area contributed by atoms with Gasteiger partial charge in [0.25, 0.3) is 0 Å². The molecular formula is C8H15N3. The van der Waals surface area contributed by atoms with Crippen molar-refractivity contribution in [1.29, 1.82) is 0 Å². The highest BCUT2D eigenvalue weighted by Crippen LogP contribution is 1.97. The van der Waals surface area contributed by atoms with Crippen molar-refractivity contribution in [3.63, 3.8) is 0 Å². The Labute approximate surface area is 67.4 Å². The van der Waals surface area contributed by atoms with Crippen LogP contribution >= 0.6 is 0 Å². The number of nitrogens with one attached hydrogen (secondary N) is 1. The molecule has 1 rings (SSSR count). The molecule has 0 atom stereocenters. The summed E-state index contributed by atoms with van der Waals surface area (Å²) >= 11 is 0. The van der Waals surface area contributed by atoms with Crippen molar-refractivity contribution in [2.75, 3.05) is 7.05 Å². The summed E-state index contributed by atoms with van der Waals surface area (Å²) in [5.41, 5.74) is 0. The summed E-state index contributed by atoms with van der Waals surface area (Å²) in [7, 11) is 1.94. The van der Waals surface area contributed by atoms with Gasteiger partial charge in [-0.2, -0.15) is 0 Å². The second kappa shape index (κ2) is 4.13. The molecule has 1 aromatic heterocycles. The van der Waals surface area contributed by atoms with Crippen LogP contribution in [0.5, 0.6) is 0 Å². The first kappa shape index (κ1) is 8.27. The topological polar surface area (TPSA) is 29.9 Å². The Morgan fingerprint density at radius 2 is 2.45 bits per heavy atom. The van der Waals surface area contributed by atoms with Crippen molar-refractivity contribution < 1.29 is 0 Å². The van der Waals surface area contributed by atoms with E-state index in [0.717, 1.165) is 25.3 Å². The standard InChI is InChI=1S/C8H15N3/c1-3-5-11-6-4-10-8(11)7-9-2/h4,6,9H,3,5,7H2,1-2H3. The summed E-state index contributed by atoms with van der Waals surface area (Å²) in [5, 5.41) is 3.09. The molecule has 0 saturated heterocycles. The lowest BCUT2D eigenvalue weighted by atomic mass is 10.4. The number of hydrogen-bond acceptors (Lipinski definition) is 2. The van der Waals surface area contributed by atoms with E-state index in [0.29, 0.717) is 0 Å². The predicted molar refractivity (Wildman–Crippen MR) is 45.3 cm³/mol. The number of hydrogen-bond donors (Lipinski definition) is 1. The van der Waals surface area contributed by atoms with Gasteiger partial charge in [0, 0.05) is 18.9 Å². The maximum atomic E-state index is 4.22. The van der Waals surface area contributed by atoms with Gasteiger partial charge in [0.15, 0.2) is 0 Å². The lowest BCUT2D eigenvalue weighted by molar-refractivity contribution is 0.615. The van der Waals surface area contributed by atoms with Gasteiger partial charge >= 0.3 is 0 Å². The second-order valence-corrected chi connectivity index (χ2v) is 2.57. The van der Waals surface area contributed by atoms with E-state index in [9.17, 15) is 0 Å². The minimum atomic E-state index is 0.854. The van der Waals surface area contributed by atoms with Gasteiger partial charge in [0.2, 0.25) is 0 Å². The molecule has 0 aliphatic heterocycles. The first-order chi connectivity index (χ1) is 5.38. The molecule has 1 aromatic rings. The molecule has 0 fully saturated rings. The highest BCUT2D eigenvalue weighted by atomic mass is 15.1. The van der Waals surface area contributed by atoms with E-state index in [1.54, 1.807) is 0 Å². The zero-order valence-corrected chi connectivity index (χ0v) is 7.17. The molecule has 0 spiro atoms. The Morgan fingerprint density at radius 3 is 3.09 bits per heavy atom. The third kappa shape index (κ3) is 2.05. The average molecular weight is 153 g/mol. The molecule has 0 unspecified atom stereocenters. The molecule has 11 heavy (non-hydrogen) atoms. The first-order valence-electron chi connectivity index (χ1n) is 4.03. The molecule has 0 aromatic carbocycles. The van der Waals surface area contributed by atoms with E-state index in [1.165, 1.54) is 0 Å². The fourth-order valence-corrected chi connectivity index (χ4v) is 1.11. The van der Waals surface area contributed by atoms with Gasteiger partial charge in [-0.15, -0.1) is 0 Å². The summed E-state index contributed by atoms with van der Waals surface area (Å²) < 4.78 is 2.18. The van der Waals surface area contributed by atoms with Crippen molar-refractivity contribution in [3.8, 4) is 0 Å². The van der Waals surface area contributed by atoms with Gasteiger partial charge in [-0.3, -0.25) is 0 Å². The molecule has 0 radical (unpaired) electrons. The minimum Gasteiger partial charge on any atom is -0.334 e. The predicted octanol–water partition coefficient (Wildman–Crippen LogP) is 1.01. The zero-order valence-electron chi connectivity index (χ0n) is 7.17. The summed E-state index contributed by atoms with van der Waals surface area (Å²) in [6.45, 7) is 4.09. The minimum absolute atomic E-state index is 0.854. The molecule has 0 bridgehead atoms. The lowest BCUT2D eigenvalue weighted by Crippen LogP contribution is -2.11. The third-order valence-corrected chi connectivity index (χ3v) is 1.60. The van der Waals surface area contributed by atoms with Crippen LogP contribution in [0.3, 0.4) is 0 Å². The van der Waals surface area contributed by atoms with Crippen LogP contribution in [0.15, 0.2) is 12.4 Å². The quantitative estimate of drug-likeness (QED) is 0.699. The maximum absolute atomic E-state index is 4.22. The SMILES string of the molecule is CCCn1ccnc1CNC. The molecule has 3 nitrogen and oxygen atoms in total. The lowest BCUT2D eigenvalue weighted by Gasteiger charge is -2.04. The van der Waals surface area contributed by atoms with Crippen molar-refractivity contribution in [1.82, 2.24) is 14.9 Å². The molecule has 1 heterocycles. The third-order valence-electron chi connectivity index (χ3n) is 1.60. The average Bonchev–Trinajstić information content (AvgIpc) is 2.39. The largest absolute Gasteiger partial charge is 0.334 e. The molecular weight excluding hydrogens is 138 g/mol. The van der Waals surface area contributed by atoms with Crippen LogP contribution < -0.4 is 5.32 Å². The Bertz CT molecular complexity index is 184. The van der Waals surface area contributed by atoms with Crippen LogP contribution in [-0.4, -0.2) is 16.6 Å². The Morgan fingerprint density at radius 1 is 1.64 bits per heavy atom. The number of imidazole rings is 1. The van der Waals surface area contributed by atoms with Crippen molar-refractivity contribution in [3.05, 3.63) is 18.2 Å². The summed E-state index contributed by atoms with van der Waals surface area (Å²) in [5.74, 6) is 1.12. The zero-order chi connectivity index (χ0) is 8.10.